The highest BCUT2D eigenvalue weighted by atomic mass is 32.1. The summed E-state index contributed by atoms with van der Waals surface area (Å²) < 4.78 is 0. The van der Waals surface area contributed by atoms with Crippen molar-refractivity contribution in [2.45, 2.75) is 0 Å². The Balaban J connectivity index is 2.52. The summed E-state index contributed by atoms with van der Waals surface area (Å²) in [5.41, 5.74) is 13.8. The third kappa shape index (κ3) is 0.920. The van der Waals surface area contributed by atoms with Crippen LogP contribution in [-0.2, 0) is 0 Å². The van der Waals surface area contributed by atoms with Crippen LogP contribution in [0.5, 0.6) is 0 Å². The van der Waals surface area contributed by atoms with Crippen molar-refractivity contribution in [2.75, 3.05) is 11.2 Å². The molecule has 0 saturated heterocycles. The van der Waals surface area contributed by atoms with Crippen molar-refractivity contribution in [1.82, 2.24) is 11.0 Å². The monoisotopic (exact) mass is 170 g/mol. The molecule has 0 aliphatic carbocycles. The Labute approximate surface area is 66.5 Å². The molecule has 58 valence electrons. The Morgan fingerprint density at radius 1 is 1.45 bits per heavy atom. The molecule has 0 radical (unpaired) electrons. The van der Waals surface area contributed by atoms with Gasteiger partial charge in [0.2, 0.25) is 0 Å². The molecule has 0 saturated carbocycles. The van der Waals surface area contributed by atoms with Gasteiger partial charge in [-0.3, -0.25) is 15.6 Å². The zero-order chi connectivity index (χ0) is 7.84. The minimum Gasteiger partial charge on any atom is -0.391 e. The van der Waals surface area contributed by atoms with Crippen LogP contribution in [-0.4, -0.2) is 5.91 Å². The van der Waals surface area contributed by atoms with Crippen LogP contribution in [0.2, 0.25) is 0 Å². The molecule has 11 heavy (non-hydrogen) atoms. The topological polar surface area (TPSA) is 79.2 Å². The molecule has 0 spiro atoms. The van der Waals surface area contributed by atoms with E-state index < -0.39 is 0 Å². The first-order valence-electron chi connectivity index (χ1n) is 2.98. The molecule has 0 bridgehead atoms. The predicted molar refractivity (Wildman–Crippen MR) is 43.0 cm³/mol. The maximum absolute atomic E-state index is 11.0. The predicted octanol–water partition coefficient (Wildman–Crippen LogP) is -0.0948. The second-order valence-electron chi connectivity index (χ2n) is 2.10. The SMILES string of the molecule is Nc1cc2c(s1)NNNC2=O. The molecule has 1 aromatic rings. The Morgan fingerprint density at radius 3 is 3.00 bits per heavy atom. The van der Waals surface area contributed by atoms with E-state index in [-0.39, 0.29) is 5.91 Å². The second kappa shape index (κ2) is 2.11. The highest BCUT2D eigenvalue weighted by molar-refractivity contribution is 7.20. The van der Waals surface area contributed by atoms with Gasteiger partial charge in [0, 0.05) is 0 Å². The fourth-order valence-corrected chi connectivity index (χ4v) is 1.66. The molecule has 0 aromatic carbocycles. The third-order valence-electron chi connectivity index (χ3n) is 1.35. The lowest BCUT2D eigenvalue weighted by Crippen LogP contribution is -2.45. The van der Waals surface area contributed by atoms with Gasteiger partial charge in [-0.25, -0.2) is 0 Å². The molecular formula is C5H6N4OS. The Kier molecular flexibility index (Phi) is 1.23. The van der Waals surface area contributed by atoms with Gasteiger partial charge in [0.05, 0.1) is 10.6 Å². The number of fused-ring (bicyclic) bond motifs is 1. The van der Waals surface area contributed by atoms with Crippen LogP contribution in [0.3, 0.4) is 0 Å². The van der Waals surface area contributed by atoms with E-state index in [9.17, 15) is 4.79 Å². The number of thiophene rings is 1. The van der Waals surface area contributed by atoms with Gasteiger partial charge in [-0.1, -0.05) is 11.3 Å². The van der Waals surface area contributed by atoms with Crippen LogP contribution in [0.15, 0.2) is 6.07 Å². The van der Waals surface area contributed by atoms with Crippen LogP contribution in [0.4, 0.5) is 10.0 Å². The van der Waals surface area contributed by atoms with Crippen molar-refractivity contribution >= 4 is 27.2 Å². The van der Waals surface area contributed by atoms with Crippen LogP contribution in [0.25, 0.3) is 0 Å². The van der Waals surface area contributed by atoms with Gasteiger partial charge >= 0.3 is 0 Å². The summed E-state index contributed by atoms with van der Waals surface area (Å²) in [4.78, 5) is 11.0. The van der Waals surface area contributed by atoms with Crippen LogP contribution < -0.4 is 22.1 Å². The summed E-state index contributed by atoms with van der Waals surface area (Å²) in [5, 5.41) is 1.38. The molecule has 5 nitrogen and oxygen atoms in total. The second-order valence-corrected chi connectivity index (χ2v) is 3.18. The molecule has 1 aromatic heterocycles. The number of carbonyl (C=O) groups excluding carboxylic acids is 1. The lowest BCUT2D eigenvalue weighted by Gasteiger charge is -2.14. The average molecular weight is 170 g/mol. The summed E-state index contributed by atoms with van der Waals surface area (Å²) in [6, 6.07) is 1.64. The van der Waals surface area contributed by atoms with E-state index in [0.29, 0.717) is 10.6 Å². The van der Waals surface area contributed by atoms with Gasteiger partial charge in [-0.15, -0.1) is 5.53 Å². The number of rotatable bonds is 0. The van der Waals surface area contributed by atoms with E-state index >= 15 is 0 Å². The highest BCUT2D eigenvalue weighted by Gasteiger charge is 2.18. The molecule has 1 amide bonds. The lowest BCUT2D eigenvalue weighted by molar-refractivity contribution is 0.0932. The minimum absolute atomic E-state index is 0.160. The van der Waals surface area contributed by atoms with Crippen molar-refractivity contribution in [1.29, 1.82) is 0 Å². The summed E-state index contributed by atoms with van der Waals surface area (Å²) >= 11 is 1.34. The quantitative estimate of drug-likeness (QED) is 0.438. The Morgan fingerprint density at radius 2 is 2.27 bits per heavy atom. The molecule has 6 heteroatoms. The molecular weight excluding hydrogens is 164 g/mol. The number of hydrogen-bond donors (Lipinski definition) is 4. The van der Waals surface area contributed by atoms with E-state index in [4.69, 9.17) is 5.73 Å². The fraction of sp³-hybridized carbons (Fsp3) is 0. The number of nitrogens with one attached hydrogen (secondary N) is 3. The van der Waals surface area contributed by atoms with Crippen LogP contribution >= 0.6 is 11.3 Å². The number of nitrogens with two attached hydrogens (primary N) is 1. The van der Waals surface area contributed by atoms with Crippen LogP contribution in [0.1, 0.15) is 10.4 Å². The van der Waals surface area contributed by atoms with Gasteiger partial charge in [0.15, 0.2) is 0 Å². The first-order chi connectivity index (χ1) is 5.27. The first kappa shape index (κ1) is 6.44. The van der Waals surface area contributed by atoms with Gasteiger partial charge in [-0.2, -0.15) is 0 Å². The first-order valence-corrected chi connectivity index (χ1v) is 3.79. The van der Waals surface area contributed by atoms with Crippen molar-refractivity contribution in [2.24, 2.45) is 0 Å². The molecule has 0 fully saturated rings. The zero-order valence-corrected chi connectivity index (χ0v) is 6.29. The van der Waals surface area contributed by atoms with Crippen LogP contribution in [0, 0.1) is 0 Å². The number of amides is 1. The molecule has 1 aliphatic rings. The molecule has 0 unspecified atom stereocenters. The number of nitrogen functional groups attached to an aromatic ring is 1. The third-order valence-corrected chi connectivity index (χ3v) is 2.23. The van der Waals surface area contributed by atoms with Crippen molar-refractivity contribution in [3.8, 4) is 0 Å². The standard InChI is InChI=1S/C5H6N4OS/c6-3-1-2-4(10)7-9-8-5(2)11-3/h1,8-9H,6H2,(H,7,10). The number of carbonyl (C=O) groups is 1. The number of anilines is 2. The van der Waals surface area contributed by atoms with E-state index in [1.165, 1.54) is 11.3 Å². The zero-order valence-electron chi connectivity index (χ0n) is 5.47. The van der Waals surface area contributed by atoms with Gasteiger partial charge in [-0.05, 0) is 6.07 Å². The summed E-state index contributed by atoms with van der Waals surface area (Å²) in [7, 11) is 0. The van der Waals surface area contributed by atoms with E-state index in [1.54, 1.807) is 6.07 Å². The highest BCUT2D eigenvalue weighted by Crippen LogP contribution is 2.30. The van der Waals surface area contributed by atoms with Crippen molar-refractivity contribution < 1.29 is 4.79 Å². The minimum atomic E-state index is -0.160. The normalized spacial score (nSPS) is 15.1. The van der Waals surface area contributed by atoms with Crippen molar-refractivity contribution in [3.63, 3.8) is 0 Å². The Bertz CT molecular complexity index is 307. The maximum Gasteiger partial charge on any atom is 0.269 e. The number of hydrogen-bond acceptors (Lipinski definition) is 5. The molecule has 0 atom stereocenters. The van der Waals surface area contributed by atoms with Gasteiger partial charge in [0.1, 0.15) is 5.00 Å². The smallest absolute Gasteiger partial charge is 0.269 e. The average Bonchev–Trinajstić information content (AvgIpc) is 2.31. The molecule has 1 aliphatic heterocycles. The lowest BCUT2D eigenvalue weighted by atomic mass is 10.3. The number of hydrazine groups is 2. The van der Waals surface area contributed by atoms with Crippen molar-refractivity contribution in [3.05, 3.63) is 11.6 Å². The summed E-state index contributed by atoms with van der Waals surface area (Å²) in [6.07, 6.45) is 0. The van der Waals surface area contributed by atoms with Gasteiger partial charge in [0.25, 0.3) is 5.91 Å². The summed E-state index contributed by atoms with van der Waals surface area (Å²) in [5.74, 6) is -0.160. The molecule has 5 N–H and O–H groups in total. The molecule has 2 rings (SSSR count). The summed E-state index contributed by atoms with van der Waals surface area (Å²) in [6.45, 7) is 0. The Hall–Kier alpha value is -1.27. The van der Waals surface area contributed by atoms with Gasteiger partial charge < -0.3 is 5.73 Å². The van der Waals surface area contributed by atoms with E-state index in [1.807, 2.05) is 0 Å². The fourth-order valence-electron chi connectivity index (χ4n) is 0.884. The van der Waals surface area contributed by atoms with E-state index in [0.717, 1.165) is 5.00 Å². The molecule has 2 heterocycles. The van der Waals surface area contributed by atoms with E-state index in [2.05, 4.69) is 16.4 Å². The maximum atomic E-state index is 11.0. The largest absolute Gasteiger partial charge is 0.391 e.